The molecule has 3 aromatic rings. The molecule has 3 N–H and O–H groups in total. The second-order valence-electron chi connectivity index (χ2n) is 6.92. The van der Waals surface area contributed by atoms with Crippen LogP contribution in [0.25, 0.3) is 0 Å². The lowest BCUT2D eigenvalue weighted by Gasteiger charge is -2.26. The minimum atomic E-state index is -0.542. The van der Waals surface area contributed by atoms with Crippen molar-refractivity contribution in [2.24, 2.45) is 0 Å². The molecule has 7 nitrogen and oxygen atoms in total. The third-order valence-corrected chi connectivity index (χ3v) is 5.18. The first-order valence-electron chi connectivity index (χ1n) is 9.65. The molecule has 3 rings (SSSR count). The van der Waals surface area contributed by atoms with Crippen LogP contribution in [0.15, 0.2) is 64.2 Å². The number of methoxy groups -OCH3 is 1. The Hall–Kier alpha value is -3.03. The molecule has 0 aliphatic rings. The maximum atomic E-state index is 12.8. The van der Waals surface area contributed by atoms with Crippen molar-refractivity contribution in [1.29, 1.82) is 0 Å². The fourth-order valence-corrected chi connectivity index (χ4v) is 3.50. The lowest BCUT2D eigenvalue weighted by molar-refractivity contribution is 0.196. The summed E-state index contributed by atoms with van der Waals surface area (Å²) in [6.07, 6.45) is 0.678. The molecular formula is C22H25ClN4O3. The van der Waals surface area contributed by atoms with E-state index in [0.29, 0.717) is 31.1 Å². The van der Waals surface area contributed by atoms with E-state index in [1.165, 1.54) is 4.57 Å². The summed E-state index contributed by atoms with van der Waals surface area (Å²) < 4.78 is 6.54. The fraction of sp³-hybridized carbons (Fsp3) is 0.273. The van der Waals surface area contributed by atoms with Crippen molar-refractivity contribution < 1.29 is 4.74 Å². The highest BCUT2D eigenvalue weighted by Crippen LogP contribution is 2.23. The van der Waals surface area contributed by atoms with Crippen LogP contribution in [0.3, 0.4) is 0 Å². The number of hydrogen-bond donors (Lipinski definition) is 2. The number of anilines is 2. The topological polar surface area (TPSA) is 93.3 Å². The molecule has 0 radical (unpaired) electrons. The monoisotopic (exact) mass is 428 g/mol. The molecule has 0 bridgehead atoms. The first-order valence-corrected chi connectivity index (χ1v) is 10.0. The molecule has 1 aromatic heterocycles. The van der Waals surface area contributed by atoms with Gasteiger partial charge in [0.2, 0.25) is 0 Å². The maximum Gasteiger partial charge on any atom is 0.330 e. The van der Waals surface area contributed by atoms with Gasteiger partial charge in [-0.3, -0.25) is 14.3 Å². The number of rotatable bonds is 9. The predicted octanol–water partition coefficient (Wildman–Crippen LogP) is 2.86. The molecule has 8 heteroatoms. The van der Waals surface area contributed by atoms with Crippen LogP contribution in [0, 0.1) is 0 Å². The van der Waals surface area contributed by atoms with Crippen LogP contribution in [-0.4, -0.2) is 29.8 Å². The summed E-state index contributed by atoms with van der Waals surface area (Å²) in [6.45, 7) is 1.67. The molecule has 2 aromatic carbocycles. The van der Waals surface area contributed by atoms with Gasteiger partial charge in [0.05, 0.1) is 6.54 Å². The molecular weight excluding hydrogens is 404 g/mol. The minimum absolute atomic E-state index is 0.122. The van der Waals surface area contributed by atoms with Crippen LogP contribution in [0.1, 0.15) is 17.5 Å². The number of hydrogen-bond acceptors (Lipinski definition) is 5. The Kier molecular flexibility index (Phi) is 7.32. The van der Waals surface area contributed by atoms with Gasteiger partial charge in [-0.25, -0.2) is 4.79 Å². The standard InChI is InChI=1S/C22H25ClN4O3/c1-30-13-7-12-26(15-17-10-5-6-11-18(17)23)19-20(24)27(22(29)25-21(19)28)14-16-8-3-2-4-9-16/h2-6,8-11H,7,12-15,24H2,1H3,(H,25,28,29). The van der Waals surface area contributed by atoms with Gasteiger partial charge in [0.1, 0.15) is 11.5 Å². The highest BCUT2D eigenvalue weighted by molar-refractivity contribution is 6.31. The lowest BCUT2D eigenvalue weighted by Crippen LogP contribution is -2.39. The van der Waals surface area contributed by atoms with Crippen molar-refractivity contribution in [3.63, 3.8) is 0 Å². The van der Waals surface area contributed by atoms with Crippen molar-refractivity contribution in [3.8, 4) is 0 Å². The molecule has 0 aliphatic carbocycles. The van der Waals surface area contributed by atoms with E-state index in [1.807, 2.05) is 53.4 Å². The number of H-pyrrole nitrogens is 1. The number of aromatic nitrogens is 2. The predicted molar refractivity (Wildman–Crippen MR) is 120 cm³/mol. The second-order valence-corrected chi connectivity index (χ2v) is 7.33. The fourth-order valence-electron chi connectivity index (χ4n) is 3.31. The first kappa shape index (κ1) is 21.7. The van der Waals surface area contributed by atoms with E-state index in [0.717, 1.165) is 11.1 Å². The number of halogens is 1. The summed E-state index contributed by atoms with van der Waals surface area (Å²) in [4.78, 5) is 29.5. The van der Waals surface area contributed by atoms with E-state index in [4.69, 9.17) is 22.1 Å². The first-order chi connectivity index (χ1) is 14.5. The summed E-state index contributed by atoms with van der Waals surface area (Å²) in [5.74, 6) is 0.122. The van der Waals surface area contributed by atoms with Crippen molar-refractivity contribution in [3.05, 3.63) is 91.6 Å². The molecule has 0 amide bonds. The third-order valence-electron chi connectivity index (χ3n) is 4.81. The van der Waals surface area contributed by atoms with Gasteiger partial charge in [0.15, 0.2) is 0 Å². The summed E-state index contributed by atoms with van der Waals surface area (Å²) in [7, 11) is 1.62. The Labute approximate surface area is 179 Å². The average Bonchev–Trinajstić information content (AvgIpc) is 2.73. The minimum Gasteiger partial charge on any atom is -0.385 e. The number of nitrogens with two attached hydrogens (primary N) is 1. The molecule has 0 aliphatic heterocycles. The number of nitrogens with one attached hydrogen (secondary N) is 1. The normalized spacial score (nSPS) is 10.9. The van der Waals surface area contributed by atoms with Gasteiger partial charge in [-0.15, -0.1) is 0 Å². The van der Waals surface area contributed by atoms with Crippen molar-refractivity contribution >= 4 is 23.1 Å². The van der Waals surface area contributed by atoms with Gasteiger partial charge in [-0.1, -0.05) is 60.1 Å². The van der Waals surface area contributed by atoms with Crippen LogP contribution < -0.4 is 21.9 Å². The third kappa shape index (κ3) is 5.11. The molecule has 0 spiro atoms. The van der Waals surface area contributed by atoms with Crippen LogP contribution in [0.2, 0.25) is 5.02 Å². The zero-order chi connectivity index (χ0) is 21.5. The van der Waals surface area contributed by atoms with Crippen molar-refractivity contribution in [1.82, 2.24) is 9.55 Å². The van der Waals surface area contributed by atoms with Gasteiger partial charge < -0.3 is 15.4 Å². The van der Waals surface area contributed by atoms with E-state index in [9.17, 15) is 9.59 Å². The SMILES string of the molecule is COCCCN(Cc1ccccc1Cl)c1c(N)n(Cc2ccccc2)c(=O)[nH]c1=O. The Morgan fingerprint density at radius 1 is 1.10 bits per heavy atom. The van der Waals surface area contributed by atoms with E-state index < -0.39 is 11.2 Å². The number of nitrogens with zero attached hydrogens (tertiary/aromatic N) is 2. The van der Waals surface area contributed by atoms with E-state index in [-0.39, 0.29) is 18.1 Å². The average molecular weight is 429 g/mol. The van der Waals surface area contributed by atoms with Crippen LogP contribution in [0.4, 0.5) is 11.5 Å². The summed E-state index contributed by atoms with van der Waals surface area (Å²) in [6, 6.07) is 16.9. The second kappa shape index (κ2) is 10.1. The van der Waals surface area contributed by atoms with E-state index >= 15 is 0 Å². The zero-order valence-electron chi connectivity index (χ0n) is 16.8. The highest BCUT2D eigenvalue weighted by atomic mass is 35.5. The zero-order valence-corrected chi connectivity index (χ0v) is 17.6. The molecule has 0 fully saturated rings. The van der Waals surface area contributed by atoms with Gasteiger partial charge in [-0.05, 0) is 23.6 Å². The Balaban J connectivity index is 2.03. The Morgan fingerprint density at radius 2 is 1.80 bits per heavy atom. The highest BCUT2D eigenvalue weighted by Gasteiger charge is 2.20. The molecule has 0 unspecified atom stereocenters. The summed E-state index contributed by atoms with van der Waals surface area (Å²) >= 11 is 6.34. The smallest absolute Gasteiger partial charge is 0.330 e. The molecule has 0 atom stereocenters. The van der Waals surface area contributed by atoms with Crippen LogP contribution >= 0.6 is 11.6 Å². The van der Waals surface area contributed by atoms with Crippen molar-refractivity contribution in [2.75, 3.05) is 30.9 Å². The maximum absolute atomic E-state index is 12.8. The Bertz CT molecular complexity index is 1100. The number of nitrogen functional groups attached to an aromatic ring is 1. The van der Waals surface area contributed by atoms with Crippen LogP contribution in [0.5, 0.6) is 0 Å². The van der Waals surface area contributed by atoms with Gasteiger partial charge in [0, 0.05) is 31.8 Å². The van der Waals surface area contributed by atoms with Gasteiger partial charge in [0.25, 0.3) is 5.56 Å². The van der Waals surface area contributed by atoms with Crippen LogP contribution in [-0.2, 0) is 17.8 Å². The Morgan fingerprint density at radius 3 is 2.50 bits per heavy atom. The number of ether oxygens (including phenoxy) is 1. The van der Waals surface area contributed by atoms with E-state index in [2.05, 4.69) is 4.98 Å². The number of benzene rings is 2. The van der Waals surface area contributed by atoms with Gasteiger partial charge in [-0.2, -0.15) is 0 Å². The lowest BCUT2D eigenvalue weighted by atomic mass is 10.2. The van der Waals surface area contributed by atoms with Crippen molar-refractivity contribution in [2.45, 2.75) is 19.5 Å². The molecule has 0 saturated carbocycles. The quantitative estimate of drug-likeness (QED) is 0.511. The summed E-state index contributed by atoms with van der Waals surface area (Å²) in [5.41, 5.74) is 7.32. The van der Waals surface area contributed by atoms with E-state index in [1.54, 1.807) is 13.2 Å². The van der Waals surface area contributed by atoms with Gasteiger partial charge >= 0.3 is 5.69 Å². The molecule has 1 heterocycles. The molecule has 30 heavy (non-hydrogen) atoms. The largest absolute Gasteiger partial charge is 0.385 e. The summed E-state index contributed by atoms with van der Waals surface area (Å²) in [5, 5.41) is 0.599. The number of aromatic amines is 1. The molecule has 158 valence electrons. The molecule has 0 saturated heterocycles.